The van der Waals surface area contributed by atoms with E-state index < -0.39 is 0 Å². The molecule has 0 aliphatic carbocycles. The van der Waals surface area contributed by atoms with Gasteiger partial charge in [-0.2, -0.15) is 0 Å². The molecule has 0 saturated carbocycles. The van der Waals surface area contributed by atoms with Gasteiger partial charge in [0.2, 0.25) is 5.91 Å². The van der Waals surface area contributed by atoms with Gasteiger partial charge in [0.1, 0.15) is 0 Å². The van der Waals surface area contributed by atoms with Gasteiger partial charge in [0.15, 0.2) is 0 Å². The Balaban J connectivity index is 2.75. The lowest BCUT2D eigenvalue weighted by Crippen LogP contribution is -2.36. The summed E-state index contributed by atoms with van der Waals surface area (Å²) in [6.45, 7) is 3.92. The number of anilines is 1. The third-order valence-corrected chi connectivity index (χ3v) is 3.27. The van der Waals surface area contributed by atoms with Gasteiger partial charge >= 0.3 is 0 Å². The lowest BCUT2D eigenvalue weighted by Gasteiger charge is -2.22. The van der Waals surface area contributed by atoms with Crippen molar-refractivity contribution >= 4 is 27.5 Å². The molecule has 19 heavy (non-hydrogen) atoms. The van der Waals surface area contributed by atoms with Gasteiger partial charge in [0.25, 0.3) is 0 Å². The highest BCUT2D eigenvalue weighted by molar-refractivity contribution is 9.10. The fourth-order valence-electron chi connectivity index (χ4n) is 1.88. The Hall–Kier alpha value is -1.07. The van der Waals surface area contributed by atoms with Crippen LogP contribution in [0.4, 0.5) is 5.69 Å². The molecule has 4 nitrogen and oxygen atoms in total. The van der Waals surface area contributed by atoms with E-state index in [4.69, 9.17) is 0 Å². The molecule has 0 heterocycles. The molecule has 0 aliphatic heterocycles. The first-order valence-corrected chi connectivity index (χ1v) is 7.28. The highest BCUT2D eigenvalue weighted by Crippen LogP contribution is 2.23. The highest BCUT2D eigenvalue weighted by Gasteiger charge is 2.11. The molecule has 1 amide bonds. The molecule has 5 heteroatoms. The van der Waals surface area contributed by atoms with Gasteiger partial charge in [-0.3, -0.25) is 4.79 Å². The van der Waals surface area contributed by atoms with E-state index in [0.717, 1.165) is 29.7 Å². The number of benzene rings is 1. The predicted octanol–water partition coefficient (Wildman–Crippen LogP) is 2.13. The summed E-state index contributed by atoms with van der Waals surface area (Å²) in [7, 11) is 3.85. The zero-order valence-electron chi connectivity index (χ0n) is 11.8. The molecular weight excluding hydrogens is 306 g/mol. The summed E-state index contributed by atoms with van der Waals surface area (Å²) in [6, 6.07) is 6.10. The fraction of sp³-hybridized carbons (Fsp3) is 0.500. The number of halogens is 1. The van der Waals surface area contributed by atoms with E-state index in [9.17, 15) is 4.79 Å². The van der Waals surface area contributed by atoms with E-state index in [1.807, 2.05) is 38.1 Å². The normalized spacial score (nSPS) is 10.3. The molecule has 1 aromatic carbocycles. The van der Waals surface area contributed by atoms with Crippen LogP contribution in [-0.2, 0) is 11.3 Å². The van der Waals surface area contributed by atoms with Gasteiger partial charge in [0.05, 0.1) is 6.54 Å². The summed E-state index contributed by atoms with van der Waals surface area (Å²) in [5.74, 6) is 0.0580. The van der Waals surface area contributed by atoms with Crippen LogP contribution in [0.15, 0.2) is 22.7 Å². The molecule has 0 bridgehead atoms. The van der Waals surface area contributed by atoms with Crippen molar-refractivity contribution < 1.29 is 4.79 Å². The predicted molar refractivity (Wildman–Crippen MR) is 83.5 cm³/mol. The van der Waals surface area contributed by atoms with E-state index in [1.54, 1.807) is 0 Å². The summed E-state index contributed by atoms with van der Waals surface area (Å²) >= 11 is 3.47. The first kappa shape index (κ1) is 16.0. The number of carbonyl (C=O) groups is 1. The zero-order valence-corrected chi connectivity index (χ0v) is 13.4. The summed E-state index contributed by atoms with van der Waals surface area (Å²) in [6.07, 6.45) is 0.957. The fourth-order valence-corrected chi connectivity index (χ4v) is 2.29. The summed E-state index contributed by atoms with van der Waals surface area (Å²) < 4.78 is 1.05. The Morgan fingerprint density at radius 1 is 1.42 bits per heavy atom. The van der Waals surface area contributed by atoms with Crippen LogP contribution in [0.5, 0.6) is 0 Å². The van der Waals surface area contributed by atoms with Crippen molar-refractivity contribution in [2.75, 3.05) is 32.1 Å². The number of likely N-dealkylation sites (N-methyl/N-ethyl adjacent to an activating group) is 1. The Morgan fingerprint density at radius 3 is 2.79 bits per heavy atom. The van der Waals surface area contributed by atoms with Crippen LogP contribution >= 0.6 is 15.9 Å². The molecule has 0 radical (unpaired) electrons. The quantitative estimate of drug-likeness (QED) is 0.806. The Morgan fingerprint density at radius 2 is 2.16 bits per heavy atom. The molecule has 0 saturated heterocycles. The number of rotatable bonds is 7. The number of hydrogen-bond donors (Lipinski definition) is 2. The van der Waals surface area contributed by atoms with Gasteiger partial charge in [0, 0.05) is 30.3 Å². The smallest absolute Gasteiger partial charge is 0.239 e. The second-order valence-electron chi connectivity index (χ2n) is 4.51. The van der Waals surface area contributed by atoms with Crippen LogP contribution in [-0.4, -0.2) is 33.1 Å². The van der Waals surface area contributed by atoms with Crippen molar-refractivity contribution in [2.24, 2.45) is 0 Å². The maximum absolute atomic E-state index is 11.7. The van der Waals surface area contributed by atoms with Crippen molar-refractivity contribution in [1.29, 1.82) is 0 Å². The number of carbonyl (C=O) groups excluding carboxylic acids is 1. The van der Waals surface area contributed by atoms with E-state index in [1.165, 1.54) is 5.56 Å². The van der Waals surface area contributed by atoms with Crippen LogP contribution in [0.1, 0.15) is 18.9 Å². The van der Waals surface area contributed by atoms with Gasteiger partial charge in [-0.1, -0.05) is 22.9 Å². The second-order valence-corrected chi connectivity index (χ2v) is 5.43. The number of nitrogens with zero attached hydrogens (tertiary/aromatic N) is 1. The SMILES string of the molecule is CCCNC(=O)CN(C)c1ccc(Br)cc1CNC. The minimum Gasteiger partial charge on any atom is -0.365 e. The average Bonchev–Trinajstić information content (AvgIpc) is 2.36. The van der Waals surface area contributed by atoms with Gasteiger partial charge < -0.3 is 15.5 Å². The molecule has 2 N–H and O–H groups in total. The first-order valence-electron chi connectivity index (χ1n) is 6.49. The average molecular weight is 328 g/mol. The zero-order chi connectivity index (χ0) is 14.3. The Bertz CT molecular complexity index is 423. The first-order chi connectivity index (χ1) is 9.08. The van der Waals surface area contributed by atoms with Crippen molar-refractivity contribution in [3.63, 3.8) is 0 Å². The molecule has 0 fully saturated rings. The summed E-state index contributed by atoms with van der Waals surface area (Å²) in [5, 5.41) is 6.04. The molecular formula is C14H22BrN3O. The lowest BCUT2D eigenvalue weighted by molar-refractivity contribution is -0.119. The topological polar surface area (TPSA) is 44.4 Å². The third-order valence-electron chi connectivity index (χ3n) is 2.77. The Kier molecular flexibility index (Phi) is 6.87. The molecule has 1 rings (SSSR count). The van der Waals surface area contributed by atoms with Crippen molar-refractivity contribution in [3.05, 3.63) is 28.2 Å². The monoisotopic (exact) mass is 327 g/mol. The maximum atomic E-state index is 11.7. The molecule has 0 atom stereocenters. The standard InChI is InChI=1S/C14H22BrN3O/c1-4-7-17-14(19)10-18(3)13-6-5-12(15)8-11(13)9-16-2/h5-6,8,16H,4,7,9-10H2,1-3H3,(H,17,19). The minimum absolute atomic E-state index is 0.0580. The summed E-state index contributed by atoms with van der Waals surface area (Å²) in [5.41, 5.74) is 2.24. The van der Waals surface area contributed by atoms with Crippen molar-refractivity contribution in [2.45, 2.75) is 19.9 Å². The second kappa shape index (κ2) is 8.17. The van der Waals surface area contributed by atoms with Gasteiger partial charge in [-0.15, -0.1) is 0 Å². The van der Waals surface area contributed by atoms with Crippen LogP contribution in [0.2, 0.25) is 0 Å². The largest absolute Gasteiger partial charge is 0.365 e. The molecule has 0 unspecified atom stereocenters. The van der Waals surface area contributed by atoms with E-state index in [-0.39, 0.29) is 5.91 Å². The third kappa shape index (κ3) is 5.20. The van der Waals surface area contributed by atoms with Crippen molar-refractivity contribution in [1.82, 2.24) is 10.6 Å². The van der Waals surface area contributed by atoms with Gasteiger partial charge in [-0.05, 0) is 37.2 Å². The highest BCUT2D eigenvalue weighted by atomic mass is 79.9. The molecule has 106 valence electrons. The van der Waals surface area contributed by atoms with Crippen LogP contribution in [0, 0.1) is 0 Å². The number of amides is 1. The number of hydrogen-bond acceptors (Lipinski definition) is 3. The molecule has 1 aromatic rings. The molecule has 0 spiro atoms. The minimum atomic E-state index is 0.0580. The molecule has 0 aliphatic rings. The van der Waals surface area contributed by atoms with E-state index in [0.29, 0.717) is 6.54 Å². The van der Waals surface area contributed by atoms with Crippen LogP contribution < -0.4 is 15.5 Å². The lowest BCUT2D eigenvalue weighted by atomic mass is 10.1. The Labute approximate surface area is 123 Å². The van der Waals surface area contributed by atoms with Gasteiger partial charge in [-0.25, -0.2) is 0 Å². The van der Waals surface area contributed by atoms with Crippen molar-refractivity contribution in [3.8, 4) is 0 Å². The van der Waals surface area contributed by atoms with Crippen LogP contribution in [0.25, 0.3) is 0 Å². The summed E-state index contributed by atoms with van der Waals surface area (Å²) in [4.78, 5) is 13.7. The number of nitrogens with one attached hydrogen (secondary N) is 2. The molecule has 0 aromatic heterocycles. The van der Waals surface area contributed by atoms with Crippen LogP contribution in [0.3, 0.4) is 0 Å². The van der Waals surface area contributed by atoms with E-state index in [2.05, 4.69) is 32.6 Å². The van der Waals surface area contributed by atoms with E-state index >= 15 is 0 Å². The maximum Gasteiger partial charge on any atom is 0.239 e.